The third-order valence-corrected chi connectivity index (χ3v) is 6.07. The maximum atomic E-state index is 13.0. The number of nitrogens with zero attached hydrogens (tertiary/aromatic N) is 2. The minimum Gasteiger partial charge on any atom is -0.493 e. The van der Waals surface area contributed by atoms with Gasteiger partial charge in [-0.25, -0.2) is 4.98 Å². The molecule has 0 fully saturated rings. The van der Waals surface area contributed by atoms with E-state index in [-0.39, 0.29) is 16.3 Å². The number of benzene rings is 1. The van der Waals surface area contributed by atoms with Crippen LogP contribution in [-0.4, -0.2) is 23.0 Å². The van der Waals surface area contributed by atoms with Gasteiger partial charge >= 0.3 is 6.18 Å². The molecule has 1 N–H and O–H groups in total. The van der Waals surface area contributed by atoms with Gasteiger partial charge in [0.15, 0.2) is 11.5 Å². The lowest BCUT2D eigenvalue weighted by Crippen LogP contribution is -2.11. The quantitative estimate of drug-likeness (QED) is 0.380. The zero-order valence-electron chi connectivity index (χ0n) is 17.6. The second-order valence-corrected chi connectivity index (χ2v) is 8.07. The summed E-state index contributed by atoms with van der Waals surface area (Å²) in [6, 6.07) is 10.8. The third-order valence-electron chi connectivity index (χ3n) is 4.87. The molecule has 6 nitrogen and oxygen atoms in total. The number of aromatic nitrogens is 2. The molecule has 0 aliphatic heterocycles. The number of ether oxygens (including phenoxy) is 2. The minimum atomic E-state index is -4.55. The second-order valence-electron chi connectivity index (χ2n) is 7.07. The zero-order valence-corrected chi connectivity index (χ0v) is 18.4. The average molecular weight is 473 g/mol. The number of carbonyl (C=O) groups is 1. The van der Waals surface area contributed by atoms with E-state index in [1.54, 1.807) is 37.5 Å². The Labute approximate surface area is 191 Å². The first-order chi connectivity index (χ1) is 15.8. The van der Waals surface area contributed by atoms with E-state index < -0.39 is 17.8 Å². The predicted molar refractivity (Wildman–Crippen MR) is 119 cm³/mol. The maximum Gasteiger partial charge on any atom is 0.433 e. The Morgan fingerprint density at radius 2 is 1.85 bits per heavy atom. The van der Waals surface area contributed by atoms with Crippen molar-refractivity contribution in [3.63, 3.8) is 0 Å². The summed E-state index contributed by atoms with van der Waals surface area (Å²) < 4.78 is 50.1. The molecule has 1 aromatic carbocycles. The molecule has 0 spiro atoms. The Hall–Kier alpha value is -3.66. The van der Waals surface area contributed by atoms with Crippen LogP contribution in [0.15, 0.2) is 54.9 Å². The van der Waals surface area contributed by atoms with E-state index in [2.05, 4.69) is 15.3 Å². The summed E-state index contributed by atoms with van der Waals surface area (Å²) in [4.78, 5) is 21.0. The van der Waals surface area contributed by atoms with Crippen molar-refractivity contribution in [2.45, 2.75) is 19.7 Å². The van der Waals surface area contributed by atoms with Gasteiger partial charge in [0.2, 0.25) is 0 Å². The van der Waals surface area contributed by atoms with Crippen LogP contribution in [0.4, 0.5) is 18.9 Å². The average Bonchev–Trinajstić information content (AvgIpc) is 3.14. The highest BCUT2D eigenvalue weighted by molar-refractivity contribution is 7.20. The molecule has 3 aromatic heterocycles. The lowest BCUT2D eigenvalue weighted by atomic mass is 10.1. The first-order valence-corrected chi connectivity index (χ1v) is 10.6. The number of amides is 1. The highest BCUT2D eigenvalue weighted by Gasteiger charge is 2.33. The van der Waals surface area contributed by atoms with Gasteiger partial charge in [0.25, 0.3) is 5.91 Å². The Morgan fingerprint density at radius 1 is 1.09 bits per heavy atom. The number of thiophene rings is 1. The van der Waals surface area contributed by atoms with E-state index in [1.807, 2.05) is 12.1 Å². The fourth-order valence-electron chi connectivity index (χ4n) is 3.17. The van der Waals surface area contributed by atoms with Crippen LogP contribution >= 0.6 is 11.3 Å². The zero-order chi connectivity index (χ0) is 23.6. The molecule has 0 saturated carbocycles. The molecule has 0 radical (unpaired) electrons. The number of aryl methyl sites for hydroxylation is 1. The van der Waals surface area contributed by atoms with Crippen molar-refractivity contribution >= 4 is 33.1 Å². The largest absolute Gasteiger partial charge is 0.493 e. The molecule has 0 unspecified atom stereocenters. The Kier molecular flexibility index (Phi) is 6.19. The minimum absolute atomic E-state index is 0.156. The lowest BCUT2D eigenvalue weighted by Gasteiger charge is -2.13. The van der Waals surface area contributed by atoms with Crippen molar-refractivity contribution in [3.05, 3.63) is 76.6 Å². The highest BCUT2D eigenvalue weighted by atomic mass is 32.1. The van der Waals surface area contributed by atoms with Crippen LogP contribution in [0.1, 0.15) is 26.5 Å². The van der Waals surface area contributed by atoms with Gasteiger partial charge in [-0.05, 0) is 54.4 Å². The number of hydrogen-bond donors (Lipinski definition) is 1. The fourth-order valence-corrected chi connectivity index (χ4v) is 4.24. The summed E-state index contributed by atoms with van der Waals surface area (Å²) in [6.07, 6.45) is -1.23. The van der Waals surface area contributed by atoms with Crippen molar-refractivity contribution in [2.75, 3.05) is 12.4 Å². The molecule has 4 rings (SSSR count). The first kappa shape index (κ1) is 22.5. The summed E-state index contributed by atoms with van der Waals surface area (Å²) >= 11 is 0.916. The highest BCUT2D eigenvalue weighted by Crippen LogP contribution is 2.35. The fraction of sp³-hybridized carbons (Fsp3) is 0.174. The molecule has 0 saturated heterocycles. The van der Waals surface area contributed by atoms with Crippen molar-refractivity contribution in [1.29, 1.82) is 0 Å². The van der Waals surface area contributed by atoms with Crippen LogP contribution in [0, 0.1) is 6.92 Å². The van der Waals surface area contributed by atoms with E-state index in [4.69, 9.17) is 9.47 Å². The molecule has 0 aliphatic carbocycles. The van der Waals surface area contributed by atoms with Gasteiger partial charge in [-0.15, -0.1) is 11.3 Å². The number of anilines is 1. The predicted octanol–water partition coefficient (Wildman–Crippen LogP) is 5.86. The molecule has 1 amide bonds. The standard InChI is InChI=1S/C23H18F3N3O3S/c1-13-16-4-6-19(23(24,25)26)29-22(16)33-20(13)21(30)28-15-3-5-17(31-2)18(11-15)32-12-14-7-9-27-10-8-14/h3-11H,12H2,1-2H3,(H,28,30). The van der Waals surface area contributed by atoms with Crippen LogP contribution in [0.5, 0.6) is 11.5 Å². The molecule has 33 heavy (non-hydrogen) atoms. The number of methoxy groups -OCH3 is 1. The molecule has 4 aromatic rings. The van der Waals surface area contributed by atoms with Gasteiger partial charge < -0.3 is 14.8 Å². The van der Waals surface area contributed by atoms with Crippen LogP contribution in [0.25, 0.3) is 10.2 Å². The summed E-state index contributed by atoms with van der Waals surface area (Å²) in [5, 5.41) is 3.28. The monoisotopic (exact) mass is 473 g/mol. The van der Waals surface area contributed by atoms with Crippen molar-refractivity contribution < 1.29 is 27.4 Å². The number of fused-ring (bicyclic) bond motifs is 1. The number of pyridine rings is 2. The van der Waals surface area contributed by atoms with Crippen LogP contribution < -0.4 is 14.8 Å². The molecular weight excluding hydrogens is 455 g/mol. The van der Waals surface area contributed by atoms with Crippen molar-refractivity contribution in [2.24, 2.45) is 0 Å². The lowest BCUT2D eigenvalue weighted by molar-refractivity contribution is -0.140. The van der Waals surface area contributed by atoms with E-state index in [0.29, 0.717) is 28.1 Å². The van der Waals surface area contributed by atoms with Gasteiger partial charge in [0.05, 0.1) is 12.0 Å². The van der Waals surface area contributed by atoms with Crippen LogP contribution in [-0.2, 0) is 12.8 Å². The Morgan fingerprint density at radius 3 is 2.55 bits per heavy atom. The number of nitrogens with one attached hydrogen (secondary N) is 1. The van der Waals surface area contributed by atoms with Gasteiger partial charge in [0.1, 0.15) is 17.1 Å². The molecule has 10 heteroatoms. The summed E-state index contributed by atoms with van der Waals surface area (Å²) in [5.41, 5.74) is 0.935. The van der Waals surface area contributed by atoms with Crippen molar-refractivity contribution in [3.8, 4) is 11.5 Å². The number of hydrogen-bond acceptors (Lipinski definition) is 6. The summed E-state index contributed by atoms with van der Waals surface area (Å²) in [6.45, 7) is 1.96. The molecule has 0 atom stereocenters. The normalized spacial score (nSPS) is 11.4. The number of rotatable bonds is 6. The van der Waals surface area contributed by atoms with Crippen molar-refractivity contribution in [1.82, 2.24) is 9.97 Å². The number of alkyl halides is 3. The molecule has 170 valence electrons. The van der Waals surface area contributed by atoms with E-state index in [9.17, 15) is 18.0 Å². The van der Waals surface area contributed by atoms with Crippen LogP contribution in [0.2, 0.25) is 0 Å². The van der Waals surface area contributed by atoms with E-state index in [0.717, 1.165) is 23.0 Å². The Bertz CT molecular complexity index is 1310. The smallest absolute Gasteiger partial charge is 0.433 e. The number of carbonyl (C=O) groups excluding carboxylic acids is 1. The van der Waals surface area contributed by atoms with Gasteiger partial charge in [0, 0.05) is 29.5 Å². The van der Waals surface area contributed by atoms with E-state index >= 15 is 0 Å². The molecule has 0 bridgehead atoms. The first-order valence-electron chi connectivity index (χ1n) is 9.74. The van der Waals surface area contributed by atoms with Gasteiger partial charge in [-0.1, -0.05) is 0 Å². The maximum absolute atomic E-state index is 13.0. The summed E-state index contributed by atoms with van der Waals surface area (Å²) in [5.74, 6) is 0.468. The third kappa shape index (κ3) is 4.90. The number of halogens is 3. The second kappa shape index (κ2) is 9.07. The molecule has 3 heterocycles. The Balaban J connectivity index is 1.56. The SMILES string of the molecule is COc1ccc(NC(=O)c2sc3nc(C(F)(F)F)ccc3c2C)cc1OCc1ccncc1. The van der Waals surface area contributed by atoms with Gasteiger partial charge in [-0.3, -0.25) is 9.78 Å². The molecular formula is C23H18F3N3O3S. The van der Waals surface area contributed by atoms with Gasteiger partial charge in [-0.2, -0.15) is 13.2 Å². The van der Waals surface area contributed by atoms with Crippen LogP contribution in [0.3, 0.4) is 0 Å². The molecule has 0 aliphatic rings. The summed E-state index contributed by atoms with van der Waals surface area (Å²) in [7, 11) is 1.51. The topological polar surface area (TPSA) is 73.3 Å². The van der Waals surface area contributed by atoms with E-state index in [1.165, 1.54) is 13.2 Å².